The predicted octanol–water partition coefficient (Wildman–Crippen LogP) is 4.38. The number of aromatic hydroxyl groups is 1. The van der Waals surface area contributed by atoms with E-state index in [4.69, 9.17) is 0 Å². The highest BCUT2D eigenvalue weighted by Crippen LogP contribution is 2.38. The molecule has 5 rings (SSSR count). The molecule has 9 nitrogen and oxygen atoms in total. The van der Waals surface area contributed by atoms with Gasteiger partial charge < -0.3 is 15.0 Å². The van der Waals surface area contributed by atoms with E-state index in [0.29, 0.717) is 5.56 Å². The molecular weight excluding hydrogens is 564 g/mol. The van der Waals surface area contributed by atoms with E-state index in [1.165, 1.54) is 60.9 Å². The Morgan fingerprint density at radius 2 is 1.68 bits per heavy atom. The van der Waals surface area contributed by atoms with Crippen molar-refractivity contribution in [2.45, 2.75) is 30.5 Å². The van der Waals surface area contributed by atoms with Crippen LogP contribution in [-0.2, 0) is 26.4 Å². The first-order valence-electron chi connectivity index (χ1n) is 12.0. The summed E-state index contributed by atoms with van der Waals surface area (Å²) >= 11 is 0. The van der Waals surface area contributed by atoms with Gasteiger partial charge >= 0.3 is 0 Å². The molecule has 0 fully saturated rings. The maximum atomic E-state index is 14.2. The number of nitrogens with one attached hydrogen (secondary N) is 2. The van der Waals surface area contributed by atoms with Gasteiger partial charge in [0.1, 0.15) is 22.9 Å². The van der Waals surface area contributed by atoms with Crippen molar-refractivity contribution >= 4 is 47.8 Å². The second kappa shape index (κ2) is 9.75. The largest absolute Gasteiger partial charge is 0.506 e. The van der Waals surface area contributed by atoms with Crippen LogP contribution in [0.25, 0.3) is 16.6 Å². The molecule has 3 aromatic carbocycles. The first-order valence-corrected chi connectivity index (χ1v) is 15.1. The van der Waals surface area contributed by atoms with Crippen molar-refractivity contribution < 1.29 is 30.7 Å². The van der Waals surface area contributed by atoms with Crippen LogP contribution in [0.3, 0.4) is 0 Å². The number of nitrogens with zero attached hydrogens (tertiary/aromatic N) is 1. The summed E-state index contributed by atoms with van der Waals surface area (Å²) in [4.78, 5) is 13.5. The van der Waals surface area contributed by atoms with E-state index in [0.717, 1.165) is 23.6 Å². The Morgan fingerprint density at radius 3 is 2.35 bits per heavy atom. The highest BCUT2D eigenvalue weighted by Gasteiger charge is 2.29. The van der Waals surface area contributed by atoms with Gasteiger partial charge in [-0.1, -0.05) is 12.1 Å². The second-order valence-electron chi connectivity index (χ2n) is 9.51. The number of halogens is 2. The average Bonchev–Trinajstić information content (AvgIpc) is 2.88. The summed E-state index contributed by atoms with van der Waals surface area (Å²) in [6.07, 6.45) is 0. The third-order valence-corrected chi connectivity index (χ3v) is 9.69. The molecule has 0 bridgehead atoms. The lowest BCUT2D eigenvalue weighted by Gasteiger charge is -2.22. The van der Waals surface area contributed by atoms with E-state index in [-0.39, 0.29) is 39.4 Å². The van der Waals surface area contributed by atoms with Gasteiger partial charge in [0.05, 0.1) is 39.0 Å². The zero-order valence-electron chi connectivity index (χ0n) is 21.1. The van der Waals surface area contributed by atoms with Crippen molar-refractivity contribution in [2.24, 2.45) is 0 Å². The zero-order chi connectivity index (χ0) is 29.0. The topological polar surface area (TPSA) is 135 Å². The van der Waals surface area contributed by atoms with E-state index in [2.05, 4.69) is 10.0 Å². The summed E-state index contributed by atoms with van der Waals surface area (Å²) in [5, 5.41) is 13.9. The minimum Gasteiger partial charge on any atom is -0.506 e. The number of fused-ring (bicyclic) bond motifs is 2. The van der Waals surface area contributed by atoms with Crippen LogP contribution in [0.2, 0.25) is 0 Å². The lowest BCUT2D eigenvalue weighted by molar-refractivity contribution is 0.476. The van der Waals surface area contributed by atoms with Crippen LogP contribution in [-0.4, -0.2) is 31.8 Å². The first-order chi connectivity index (χ1) is 18.8. The Balaban J connectivity index is 1.66. The predicted molar refractivity (Wildman–Crippen MR) is 148 cm³/mol. The summed E-state index contributed by atoms with van der Waals surface area (Å²) in [5.41, 5.74) is -0.679. The minimum absolute atomic E-state index is 0.0281. The molecule has 3 N–H and O–H groups in total. The number of rotatable bonds is 6. The van der Waals surface area contributed by atoms with Crippen LogP contribution in [0, 0.1) is 11.6 Å². The quantitative estimate of drug-likeness (QED) is 0.305. The maximum absolute atomic E-state index is 14.2. The van der Waals surface area contributed by atoms with Crippen molar-refractivity contribution in [3.63, 3.8) is 0 Å². The van der Waals surface area contributed by atoms with E-state index >= 15 is 0 Å². The molecule has 0 spiro atoms. The monoisotopic (exact) mass is 587 g/mol. The lowest BCUT2D eigenvalue weighted by Crippen LogP contribution is -2.27. The van der Waals surface area contributed by atoms with Crippen LogP contribution in [0.4, 0.5) is 20.2 Å². The number of aromatic nitrogens is 1. The molecule has 1 aliphatic rings. The molecule has 2 heterocycles. The number of sulfone groups is 1. The summed E-state index contributed by atoms with van der Waals surface area (Å²) in [5.74, 6) is -1.80. The average molecular weight is 588 g/mol. The number of hydrogen-bond donors (Lipinski definition) is 3. The van der Waals surface area contributed by atoms with Gasteiger partial charge in [-0.3, -0.25) is 9.52 Å². The van der Waals surface area contributed by atoms with Crippen molar-refractivity contribution in [3.8, 4) is 5.75 Å². The Labute approximate surface area is 228 Å². The third kappa shape index (κ3) is 4.93. The van der Waals surface area contributed by atoms with Gasteiger partial charge in [-0.2, -0.15) is 0 Å². The van der Waals surface area contributed by atoms with Gasteiger partial charge in [-0.25, -0.2) is 25.6 Å². The fourth-order valence-corrected chi connectivity index (χ4v) is 6.33. The van der Waals surface area contributed by atoms with Crippen molar-refractivity contribution in [1.29, 1.82) is 0 Å². The van der Waals surface area contributed by atoms with E-state index in [1.807, 2.05) is 0 Å². The SMILES string of the molecule is CC(C)S(=O)(=O)Nc1ccc2c(c1)S(=O)(=O)C=C(c1c(O)c3cc(F)ccc3n(Cc3ccc(F)cc3)c1=O)N2. The number of hydrogen-bond acceptors (Lipinski definition) is 7. The standard InChI is InChI=1S/C27H23F2N3O6S2/c1-15(2)40(37,38)31-19-8-9-21-24(12-19)39(35,36)14-22(30-21)25-26(33)20-11-18(29)7-10-23(20)32(27(25)34)13-16-3-5-17(28)6-4-16/h3-12,14-15,30-31,33H,13H2,1-2H3. The smallest absolute Gasteiger partial charge is 0.264 e. The normalized spacial score (nSPS) is 14.5. The Morgan fingerprint density at radius 1 is 1.00 bits per heavy atom. The van der Waals surface area contributed by atoms with Gasteiger partial charge in [0.25, 0.3) is 5.56 Å². The molecule has 13 heteroatoms. The van der Waals surface area contributed by atoms with Gasteiger partial charge in [0.2, 0.25) is 19.9 Å². The maximum Gasteiger partial charge on any atom is 0.264 e. The summed E-state index contributed by atoms with van der Waals surface area (Å²) in [6.45, 7) is 2.86. The number of pyridine rings is 1. The van der Waals surface area contributed by atoms with Crippen LogP contribution >= 0.6 is 0 Å². The summed E-state index contributed by atoms with van der Waals surface area (Å²) < 4.78 is 82.3. The van der Waals surface area contributed by atoms with Gasteiger partial charge in [-0.15, -0.1) is 0 Å². The zero-order valence-corrected chi connectivity index (χ0v) is 22.8. The number of sulfonamides is 1. The van der Waals surface area contributed by atoms with E-state index < -0.39 is 53.6 Å². The van der Waals surface area contributed by atoms with Crippen LogP contribution < -0.4 is 15.6 Å². The molecular formula is C27H23F2N3O6S2. The summed E-state index contributed by atoms with van der Waals surface area (Å²) in [6, 6.07) is 12.6. The van der Waals surface area contributed by atoms with Gasteiger partial charge in [-0.05, 0) is 67.9 Å². The highest BCUT2D eigenvalue weighted by molar-refractivity contribution is 7.94. The van der Waals surface area contributed by atoms with Crippen LogP contribution in [0.5, 0.6) is 5.75 Å². The lowest BCUT2D eigenvalue weighted by atomic mass is 10.1. The molecule has 0 saturated heterocycles. The fourth-order valence-electron chi connectivity index (χ4n) is 4.31. The Hall–Kier alpha value is -4.23. The molecule has 0 atom stereocenters. The molecule has 0 radical (unpaired) electrons. The van der Waals surface area contributed by atoms with Gasteiger partial charge in [0, 0.05) is 11.1 Å². The van der Waals surface area contributed by atoms with Crippen LogP contribution in [0.1, 0.15) is 25.0 Å². The van der Waals surface area contributed by atoms with Crippen LogP contribution in [0.15, 0.2) is 75.8 Å². The van der Waals surface area contributed by atoms with Crippen molar-refractivity contribution in [3.05, 3.63) is 99.2 Å². The van der Waals surface area contributed by atoms with Gasteiger partial charge in [0.15, 0.2) is 0 Å². The number of anilines is 2. The molecule has 0 unspecified atom stereocenters. The first kappa shape index (κ1) is 27.3. The molecule has 208 valence electrons. The molecule has 40 heavy (non-hydrogen) atoms. The van der Waals surface area contributed by atoms with Crippen molar-refractivity contribution in [1.82, 2.24) is 4.57 Å². The third-order valence-electron chi connectivity index (χ3n) is 6.43. The molecule has 0 amide bonds. The van der Waals surface area contributed by atoms with E-state index in [9.17, 15) is 35.5 Å². The second-order valence-corrected chi connectivity index (χ2v) is 13.5. The molecule has 0 saturated carbocycles. The Kier molecular flexibility index (Phi) is 6.66. The molecule has 4 aromatic rings. The molecule has 0 aliphatic carbocycles. The number of benzene rings is 3. The molecule has 1 aliphatic heterocycles. The molecule has 1 aromatic heterocycles. The van der Waals surface area contributed by atoms with Crippen molar-refractivity contribution in [2.75, 3.05) is 10.0 Å². The minimum atomic E-state index is -4.24. The Bertz CT molecular complexity index is 1990. The van der Waals surface area contributed by atoms with E-state index in [1.54, 1.807) is 0 Å². The fraction of sp³-hybridized carbons (Fsp3) is 0.148. The summed E-state index contributed by atoms with van der Waals surface area (Å²) in [7, 11) is -7.99. The highest BCUT2D eigenvalue weighted by atomic mass is 32.2.